The summed E-state index contributed by atoms with van der Waals surface area (Å²) in [6.45, 7) is 2.25. The van der Waals surface area contributed by atoms with Crippen molar-refractivity contribution in [2.45, 2.75) is 26.4 Å². The van der Waals surface area contributed by atoms with Crippen LogP contribution in [0, 0.1) is 0 Å². The van der Waals surface area contributed by atoms with Gasteiger partial charge in [0.25, 0.3) is 0 Å². The van der Waals surface area contributed by atoms with E-state index >= 15 is 0 Å². The van der Waals surface area contributed by atoms with Crippen LogP contribution in [0.15, 0.2) is 12.1 Å². The van der Waals surface area contributed by atoms with Gasteiger partial charge in [0.2, 0.25) is 0 Å². The van der Waals surface area contributed by atoms with Crippen LogP contribution in [0.1, 0.15) is 18.1 Å². The van der Waals surface area contributed by atoms with Gasteiger partial charge in [-0.3, -0.25) is 0 Å². The van der Waals surface area contributed by atoms with Crippen LogP contribution in [0.4, 0.5) is 0 Å². The minimum Gasteiger partial charge on any atom is -0.497 e. The zero-order chi connectivity index (χ0) is 10.8. The van der Waals surface area contributed by atoms with E-state index in [-0.39, 0.29) is 12.9 Å². The molecule has 4 heteroatoms. The molecular weight excluding hydrogens is 196 g/mol. The molecule has 0 bridgehead atoms. The molecule has 0 saturated carbocycles. The summed E-state index contributed by atoms with van der Waals surface area (Å²) < 4.78 is 16.0. The second-order valence-corrected chi connectivity index (χ2v) is 3.43. The molecule has 1 atom stereocenters. The first-order valence-corrected chi connectivity index (χ1v) is 4.83. The summed E-state index contributed by atoms with van der Waals surface area (Å²) >= 11 is 0. The number of hydrogen-bond acceptors (Lipinski definition) is 4. The lowest BCUT2D eigenvalue weighted by atomic mass is 10.1. The first-order chi connectivity index (χ1) is 7.24. The van der Waals surface area contributed by atoms with Gasteiger partial charge in [-0.15, -0.1) is 0 Å². The molecule has 1 N–H and O–H groups in total. The Morgan fingerprint density at radius 1 is 1.53 bits per heavy atom. The third-order valence-corrected chi connectivity index (χ3v) is 2.38. The molecule has 1 aromatic rings. The molecule has 2 rings (SSSR count). The molecule has 0 fully saturated rings. The summed E-state index contributed by atoms with van der Waals surface area (Å²) in [6, 6.07) is 3.64. The van der Waals surface area contributed by atoms with Gasteiger partial charge >= 0.3 is 0 Å². The maximum Gasteiger partial charge on any atom is 0.197 e. The Kier molecular flexibility index (Phi) is 2.79. The second kappa shape index (κ2) is 4.08. The molecule has 0 aromatic heterocycles. The van der Waals surface area contributed by atoms with Crippen LogP contribution in [0.2, 0.25) is 0 Å². The Balaban J connectivity index is 2.44. The Hall–Kier alpha value is -1.26. The van der Waals surface area contributed by atoms with Crippen molar-refractivity contribution in [1.29, 1.82) is 0 Å². The number of aliphatic hydroxyl groups is 1. The topological polar surface area (TPSA) is 47.9 Å². The van der Waals surface area contributed by atoms with Gasteiger partial charge in [-0.1, -0.05) is 0 Å². The van der Waals surface area contributed by atoms with E-state index in [1.807, 2.05) is 13.0 Å². The minimum atomic E-state index is -0.267. The van der Waals surface area contributed by atoms with E-state index in [0.717, 1.165) is 16.9 Å². The van der Waals surface area contributed by atoms with Crippen molar-refractivity contribution in [3.8, 4) is 11.5 Å². The highest BCUT2D eigenvalue weighted by molar-refractivity contribution is 5.47. The van der Waals surface area contributed by atoms with E-state index in [4.69, 9.17) is 14.2 Å². The number of methoxy groups -OCH3 is 1. The predicted molar refractivity (Wildman–Crippen MR) is 53.8 cm³/mol. The third kappa shape index (κ3) is 1.91. The van der Waals surface area contributed by atoms with Crippen molar-refractivity contribution in [3.63, 3.8) is 0 Å². The van der Waals surface area contributed by atoms with E-state index in [0.29, 0.717) is 12.4 Å². The zero-order valence-corrected chi connectivity index (χ0v) is 8.82. The van der Waals surface area contributed by atoms with Crippen molar-refractivity contribution in [2.24, 2.45) is 0 Å². The van der Waals surface area contributed by atoms with Crippen molar-refractivity contribution in [2.75, 3.05) is 7.11 Å². The Morgan fingerprint density at radius 2 is 2.33 bits per heavy atom. The van der Waals surface area contributed by atoms with Crippen molar-refractivity contribution < 1.29 is 19.3 Å². The van der Waals surface area contributed by atoms with Crippen LogP contribution in [-0.4, -0.2) is 18.5 Å². The lowest BCUT2D eigenvalue weighted by molar-refractivity contribution is -0.0954. The first kappa shape index (κ1) is 10.3. The third-order valence-electron chi connectivity index (χ3n) is 2.38. The second-order valence-electron chi connectivity index (χ2n) is 3.43. The van der Waals surface area contributed by atoms with Crippen LogP contribution < -0.4 is 9.47 Å². The van der Waals surface area contributed by atoms with Crippen LogP contribution >= 0.6 is 0 Å². The van der Waals surface area contributed by atoms with Crippen LogP contribution in [0.5, 0.6) is 11.5 Å². The van der Waals surface area contributed by atoms with E-state index in [1.54, 1.807) is 13.2 Å². The fourth-order valence-corrected chi connectivity index (χ4v) is 1.62. The average Bonchev–Trinajstić information content (AvgIpc) is 2.27. The maximum absolute atomic E-state index is 9.22. The molecule has 0 spiro atoms. The van der Waals surface area contributed by atoms with Gasteiger partial charge in [0.05, 0.1) is 20.3 Å². The lowest BCUT2D eigenvalue weighted by Crippen LogP contribution is -2.22. The lowest BCUT2D eigenvalue weighted by Gasteiger charge is -2.25. The van der Waals surface area contributed by atoms with Gasteiger partial charge in [0, 0.05) is 11.1 Å². The molecule has 0 saturated heterocycles. The smallest absolute Gasteiger partial charge is 0.197 e. The van der Waals surface area contributed by atoms with Gasteiger partial charge in [-0.25, -0.2) is 0 Å². The first-order valence-electron chi connectivity index (χ1n) is 4.83. The van der Waals surface area contributed by atoms with Crippen molar-refractivity contribution >= 4 is 0 Å². The fourth-order valence-electron chi connectivity index (χ4n) is 1.62. The Bertz CT molecular complexity index is 345. The molecular formula is C11H14O4. The molecule has 15 heavy (non-hydrogen) atoms. The quantitative estimate of drug-likeness (QED) is 0.802. The number of ether oxygens (including phenoxy) is 3. The minimum absolute atomic E-state index is 0.0632. The summed E-state index contributed by atoms with van der Waals surface area (Å²) in [6.07, 6.45) is -0.267. The van der Waals surface area contributed by atoms with E-state index in [2.05, 4.69) is 0 Å². The number of fused-ring (bicyclic) bond motifs is 1. The van der Waals surface area contributed by atoms with Gasteiger partial charge in [-0.05, 0) is 19.1 Å². The van der Waals surface area contributed by atoms with E-state index in [1.165, 1.54) is 0 Å². The SMILES string of the molecule is COc1cc(CO)c2c(c1)COC(C)O2. The molecule has 82 valence electrons. The number of rotatable bonds is 2. The van der Waals surface area contributed by atoms with Gasteiger partial charge < -0.3 is 19.3 Å². The highest BCUT2D eigenvalue weighted by Crippen LogP contribution is 2.34. The zero-order valence-electron chi connectivity index (χ0n) is 8.82. The largest absolute Gasteiger partial charge is 0.497 e. The fraction of sp³-hybridized carbons (Fsp3) is 0.455. The van der Waals surface area contributed by atoms with Crippen molar-refractivity contribution in [3.05, 3.63) is 23.3 Å². The normalized spacial score (nSPS) is 19.3. The van der Waals surface area contributed by atoms with Gasteiger partial charge in [-0.2, -0.15) is 0 Å². The van der Waals surface area contributed by atoms with Gasteiger partial charge in [0.1, 0.15) is 11.5 Å². The summed E-state index contributed by atoms with van der Waals surface area (Å²) in [7, 11) is 1.59. The highest BCUT2D eigenvalue weighted by atomic mass is 16.7. The molecule has 0 radical (unpaired) electrons. The van der Waals surface area contributed by atoms with Gasteiger partial charge in [0.15, 0.2) is 6.29 Å². The van der Waals surface area contributed by atoms with E-state index in [9.17, 15) is 5.11 Å². The maximum atomic E-state index is 9.22. The standard InChI is InChI=1S/C11H14O4/c1-7-14-6-9-4-10(13-2)3-8(5-12)11(9)15-7/h3-4,7,12H,5-6H2,1-2H3. The number of hydrogen-bond donors (Lipinski definition) is 1. The average molecular weight is 210 g/mol. The summed E-state index contributed by atoms with van der Waals surface area (Å²) in [5.74, 6) is 1.43. The van der Waals surface area contributed by atoms with Crippen LogP contribution in [-0.2, 0) is 18.0 Å². The summed E-state index contributed by atoms with van der Waals surface area (Å²) in [5, 5.41) is 9.22. The number of benzene rings is 1. The van der Waals surface area contributed by atoms with Crippen LogP contribution in [0.25, 0.3) is 0 Å². The monoisotopic (exact) mass is 210 g/mol. The van der Waals surface area contributed by atoms with E-state index < -0.39 is 0 Å². The highest BCUT2D eigenvalue weighted by Gasteiger charge is 2.20. The predicted octanol–water partition coefficient (Wildman–Crippen LogP) is 1.44. The molecule has 0 amide bonds. The van der Waals surface area contributed by atoms with Crippen LogP contribution in [0.3, 0.4) is 0 Å². The molecule has 1 aromatic carbocycles. The molecule has 0 aliphatic carbocycles. The Labute approximate surface area is 88.4 Å². The summed E-state index contributed by atoms with van der Waals surface area (Å²) in [5.41, 5.74) is 1.65. The molecule has 1 heterocycles. The molecule has 1 aliphatic rings. The summed E-state index contributed by atoms with van der Waals surface area (Å²) in [4.78, 5) is 0. The molecule has 1 aliphatic heterocycles. The molecule has 1 unspecified atom stereocenters. The Morgan fingerprint density at radius 3 is 3.00 bits per heavy atom. The molecule has 4 nitrogen and oxygen atoms in total. The number of aliphatic hydroxyl groups excluding tert-OH is 1. The van der Waals surface area contributed by atoms with Crippen molar-refractivity contribution in [1.82, 2.24) is 0 Å².